The third-order valence-corrected chi connectivity index (χ3v) is 2.33. The predicted octanol–water partition coefficient (Wildman–Crippen LogP) is 1.30. The molecule has 1 aromatic rings. The van der Waals surface area contributed by atoms with Crippen LogP contribution in [0, 0.1) is 0 Å². The summed E-state index contributed by atoms with van der Waals surface area (Å²) in [6, 6.07) is 7.42. The summed E-state index contributed by atoms with van der Waals surface area (Å²) in [5.74, 6) is 0.576. The van der Waals surface area contributed by atoms with Gasteiger partial charge >= 0.3 is 0 Å². The number of hydrogen-bond donors (Lipinski definition) is 3. The van der Waals surface area contributed by atoms with Gasteiger partial charge in [-0.25, -0.2) is 0 Å². The van der Waals surface area contributed by atoms with Crippen LogP contribution in [0.2, 0.25) is 0 Å². The quantitative estimate of drug-likeness (QED) is 0.692. The zero-order valence-corrected chi connectivity index (χ0v) is 10.8. The number of methoxy groups -OCH3 is 1. The number of thiol groups is 1. The van der Waals surface area contributed by atoms with E-state index in [4.69, 9.17) is 4.74 Å². The maximum absolute atomic E-state index is 11.7. The van der Waals surface area contributed by atoms with E-state index in [2.05, 4.69) is 23.3 Å². The Hall–Kier alpha value is -1.62. The molecule has 0 radical (unpaired) electrons. The molecule has 0 saturated heterocycles. The molecular formula is C12H16N2O2S. The van der Waals surface area contributed by atoms with Crippen molar-refractivity contribution < 1.29 is 9.53 Å². The zero-order chi connectivity index (χ0) is 12.7. The van der Waals surface area contributed by atoms with Crippen LogP contribution < -0.4 is 15.4 Å². The molecule has 0 spiro atoms. The second-order valence-electron chi connectivity index (χ2n) is 3.36. The minimum atomic E-state index is -0.133. The van der Waals surface area contributed by atoms with Gasteiger partial charge in [0, 0.05) is 18.8 Å². The Balaban J connectivity index is 2.65. The lowest BCUT2D eigenvalue weighted by Crippen LogP contribution is -2.23. The van der Waals surface area contributed by atoms with Gasteiger partial charge in [0.25, 0.3) is 0 Å². The number of benzene rings is 1. The number of carbonyl (C=O) groups excluding carboxylic acids is 1. The first-order valence-electron chi connectivity index (χ1n) is 5.15. The van der Waals surface area contributed by atoms with Gasteiger partial charge in [0.15, 0.2) is 0 Å². The molecule has 92 valence electrons. The number of carbonyl (C=O) groups is 1. The van der Waals surface area contributed by atoms with Crippen LogP contribution in [0.25, 0.3) is 0 Å². The Bertz CT molecular complexity index is 419. The molecule has 17 heavy (non-hydrogen) atoms. The standard InChI is InChI=1S/C12H16N2O2S/c1-13-8-12(17)14-11(15)7-9-5-3-4-6-10(9)16-2/h3-6,8,13,17H,7H2,1-2H3,(H,14,15)/b12-8-. The van der Waals surface area contributed by atoms with Crippen molar-refractivity contribution in [3.63, 3.8) is 0 Å². The molecule has 0 fully saturated rings. The first-order chi connectivity index (χ1) is 8.17. The van der Waals surface area contributed by atoms with E-state index in [9.17, 15) is 4.79 Å². The molecule has 0 aliphatic heterocycles. The number of para-hydroxylation sites is 1. The van der Waals surface area contributed by atoms with E-state index >= 15 is 0 Å². The molecule has 0 unspecified atom stereocenters. The molecule has 0 bridgehead atoms. The number of hydrogen-bond acceptors (Lipinski definition) is 4. The minimum absolute atomic E-state index is 0.133. The lowest BCUT2D eigenvalue weighted by atomic mass is 10.1. The van der Waals surface area contributed by atoms with E-state index in [1.807, 2.05) is 24.3 Å². The van der Waals surface area contributed by atoms with Crippen molar-refractivity contribution in [2.24, 2.45) is 0 Å². The summed E-state index contributed by atoms with van der Waals surface area (Å²) in [7, 11) is 3.32. The summed E-state index contributed by atoms with van der Waals surface area (Å²) in [4.78, 5) is 11.7. The molecule has 0 aromatic heterocycles. The van der Waals surface area contributed by atoms with Gasteiger partial charge in [0.1, 0.15) is 5.75 Å². The Morgan fingerprint density at radius 3 is 2.82 bits per heavy atom. The van der Waals surface area contributed by atoms with Crippen LogP contribution >= 0.6 is 12.6 Å². The third kappa shape index (κ3) is 4.40. The second kappa shape index (κ2) is 6.85. The molecule has 4 nitrogen and oxygen atoms in total. The van der Waals surface area contributed by atoms with E-state index in [1.165, 1.54) is 0 Å². The van der Waals surface area contributed by atoms with Crippen LogP contribution in [0.4, 0.5) is 0 Å². The van der Waals surface area contributed by atoms with Gasteiger partial charge in [-0.05, 0) is 6.07 Å². The Kier molecular flexibility index (Phi) is 5.42. The number of rotatable bonds is 5. The van der Waals surface area contributed by atoms with Crippen LogP contribution in [0.1, 0.15) is 5.56 Å². The SMILES string of the molecule is CN/C=C(\S)NC(=O)Cc1ccccc1OC. The normalized spacial score (nSPS) is 10.9. The molecule has 1 rings (SSSR count). The lowest BCUT2D eigenvalue weighted by molar-refractivity contribution is -0.119. The number of amides is 1. The molecule has 0 aliphatic carbocycles. The van der Waals surface area contributed by atoms with Crippen LogP contribution in [0.3, 0.4) is 0 Å². The van der Waals surface area contributed by atoms with Gasteiger partial charge < -0.3 is 15.4 Å². The van der Waals surface area contributed by atoms with E-state index < -0.39 is 0 Å². The Labute approximate surface area is 106 Å². The van der Waals surface area contributed by atoms with Gasteiger partial charge in [-0.2, -0.15) is 0 Å². The molecule has 1 amide bonds. The van der Waals surface area contributed by atoms with Gasteiger partial charge in [-0.3, -0.25) is 4.79 Å². The van der Waals surface area contributed by atoms with Crippen molar-refractivity contribution in [2.75, 3.05) is 14.2 Å². The van der Waals surface area contributed by atoms with Crippen LogP contribution in [0.15, 0.2) is 35.5 Å². The summed E-state index contributed by atoms with van der Waals surface area (Å²) in [5.41, 5.74) is 0.845. The monoisotopic (exact) mass is 252 g/mol. The lowest BCUT2D eigenvalue weighted by Gasteiger charge is -2.08. The first-order valence-corrected chi connectivity index (χ1v) is 5.60. The molecule has 0 atom stereocenters. The van der Waals surface area contributed by atoms with Crippen molar-refractivity contribution in [3.05, 3.63) is 41.1 Å². The van der Waals surface area contributed by atoms with Gasteiger partial charge in [-0.15, -0.1) is 12.6 Å². The molecule has 0 aliphatic rings. The van der Waals surface area contributed by atoms with Crippen molar-refractivity contribution >= 4 is 18.5 Å². The highest BCUT2D eigenvalue weighted by atomic mass is 32.1. The number of nitrogens with one attached hydrogen (secondary N) is 2. The average Bonchev–Trinajstić information content (AvgIpc) is 2.29. The van der Waals surface area contributed by atoms with E-state index in [1.54, 1.807) is 20.4 Å². The molecule has 1 aromatic carbocycles. The second-order valence-corrected chi connectivity index (χ2v) is 3.84. The molecule has 0 saturated carbocycles. The Morgan fingerprint density at radius 2 is 2.18 bits per heavy atom. The highest BCUT2D eigenvalue weighted by Gasteiger charge is 2.08. The smallest absolute Gasteiger partial charge is 0.229 e. The Morgan fingerprint density at radius 1 is 1.47 bits per heavy atom. The highest BCUT2D eigenvalue weighted by molar-refractivity contribution is 7.84. The van der Waals surface area contributed by atoms with Crippen molar-refractivity contribution in [1.29, 1.82) is 0 Å². The topological polar surface area (TPSA) is 50.4 Å². The maximum atomic E-state index is 11.7. The fraction of sp³-hybridized carbons (Fsp3) is 0.250. The van der Waals surface area contributed by atoms with Crippen molar-refractivity contribution in [1.82, 2.24) is 10.6 Å². The largest absolute Gasteiger partial charge is 0.496 e. The van der Waals surface area contributed by atoms with E-state index in [0.717, 1.165) is 5.56 Å². The summed E-state index contributed by atoms with van der Waals surface area (Å²) in [6.07, 6.45) is 1.86. The van der Waals surface area contributed by atoms with Crippen LogP contribution in [-0.2, 0) is 11.2 Å². The van der Waals surface area contributed by atoms with Crippen LogP contribution in [0.5, 0.6) is 5.75 Å². The van der Waals surface area contributed by atoms with Gasteiger partial charge in [0.2, 0.25) is 5.91 Å². The van der Waals surface area contributed by atoms with E-state index in [0.29, 0.717) is 10.8 Å². The maximum Gasteiger partial charge on any atom is 0.229 e. The molecule has 0 heterocycles. The average molecular weight is 252 g/mol. The fourth-order valence-electron chi connectivity index (χ4n) is 1.38. The molecule has 2 N–H and O–H groups in total. The van der Waals surface area contributed by atoms with Gasteiger partial charge in [-0.1, -0.05) is 18.2 Å². The number of ether oxygens (including phenoxy) is 1. The third-order valence-electron chi connectivity index (χ3n) is 2.09. The van der Waals surface area contributed by atoms with Crippen molar-refractivity contribution in [2.45, 2.75) is 6.42 Å². The minimum Gasteiger partial charge on any atom is -0.496 e. The summed E-state index contributed by atoms with van der Waals surface area (Å²) in [6.45, 7) is 0. The molecular weight excluding hydrogens is 236 g/mol. The summed E-state index contributed by atoms with van der Waals surface area (Å²) < 4.78 is 5.17. The fourth-order valence-corrected chi connectivity index (χ4v) is 1.64. The highest BCUT2D eigenvalue weighted by Crippen LogP contribution is 2.17. The van der Waals surface area contributed by atoms with E-state index in [-0.39, 0.29) is 12.3 Å². The first kappa shape index (κ1) is 13.4. The summed E-state index contributed by atoms with van der Waals surface area (Å²) >= 11 is 4.10. The van der Waals surface area contributed by atoms with Crippen LogP contribution in [-0.4, -0.2) is 20.1 Å². The van der Waals surface area contributed by atoms with Gasteiger partial charge in [0.05, 0.1) is 18.6 Å². The zero-order valence-electron chi connectivity index (χ0n) is 9.86. The predicted molar refractivity (Wildman–Crippen MR) is 71.0 cm³/mol. The summed E-state index contributed by atoms with van der Waals surface area (Å²) in [5, 5.41) is 5.91. The molecule has 5 heteroatoms. The van der Waals surface area contributed by atoms with Crippen molar-refractivity contribution in [3.8, 4) is 5.75 Å².